The van der Waals surface area contributed by atoms with Crippen LogP contribution >= 0.6 is 0 Å². The molecule has 5 nitrogen and oxygen atoms in total. The fourth-order valence-electron chi connectivity index (χ4n) is 1.37. The van der Waals surface area contributed by atoms with Gasteiger partial charge in [0.25, 0.3) is 0 Å². The molecule has 0 radical (unpaired) electrons. The van der Waals surface area contributed by atoms with Gasteiger partial charge < -0.3 is 15.4 Å². The van der Waals surface area contributed by atoms with Crippen molar-refractivity contribution in [2.24, 2.45) is 0 Å². The SMILES string of the molecule is CNc1ncnc(NC(C)COC)c1C. The van der Waals surface area contributed by atoms with Crippen molar-refractivity contribution in [2.75, 3.05) is 31.4 Å². The van der Waals surface area contributed by atoms with Gasteiger partial charge in [0.05, 0.1) is 6.61 Å². The first-order valence-electron chi connectivity index (χ1n) is 4.93. The van der Waals surface area contributed by atoms with E-state index in [2.05, 4.69) is 20.6 Å². The van der Waals surface area contributed by atoms with Gasteiger partial charge in [-0.2, -0.15) is 0 Å². The van der Waals surface area contributed by atoms with E-state index in [0.29, 0.717) is 6.61 Å². The van der Waals surface area contributed by atoms with E-state index in [1.165, 1.54) is 0 Å². The zero-order valence-electron chi connectivity index (χ0n) is 9.66. The molecular formula is C10H18N4O. The Morgan fingerprint density at radius 2 is 2.07 bits per heavy atom. The fraction of sp³-hybridized carbons (Fsp3) is 0.600. The van der Waals surface area contributed by atoms with Gasteiger partial charge in [-0.05, 0) is 13.8 Å². The Bertz CT molecular complexity index is 316. The summed E-state index contributed by atoms with van der Waals surface area (Å²) >= 11 is 0. The highest BCUT2D eigenvalue weighted by Crippen LogP contribution is 2.17. The molecule has 0 aromatic carbocycles. The van der Waals surface area contributed by atoms with E-state index < -0.39 is 0 Å². The topological polar surface area (TPSA) is 59.1 Å². The first kappa shape index (κ1) is 11.7. The molecular weight excluding hydrogens is 192 g/mol. The zero-order valence-corrected chi connectivity index (χ0v) is 9.66. The van der Waals surface area contributed by atoms with Gasteiger partial charge in [0.1, 0.15) is 18.0 Å². The third-order valence-electron chi connectivity index (χ3n) is 2.12. The molecule has 1 unspecified atom stereocenters. The predicted octanol–water partition coefficient (Wildman–Crippen LogP) is 1.27. The van der Waals surface area contributed by atoms with Gasteiger partial charge in [0.15, 0.2) is 0 Å². The smallest absolute Gasteiger partial charge is 0.134 e. The number of nitrogens with one attached hydrogen (secondary N) is 2. The molecule has 0 saturated carbocycles. The van der Waals surface area contributed by atoms with Gasteiger partial charge in [-0.15, -0.1) is 0 Å². The minimum absolute atomic E-state index is 0.230. The van der Waals surface area contributed by atoms with Crippen molar-refractivity contribution in [3.8, 4) is 0 Å². The van der Waals surface area contributed by atoms with Crippen LogP contribution in [0.5, 0.6) is 0 Å². The van der Waals surface area contributed by atoms with E-state index in [0.717, 1.165) is 17.2 Å². The highest BCUT2D eigenvalue weighted by molar-refractivity contribution is 5.56. The summed E-state index contributed by atoms with van der Waals surface area (Å²) in [6, 6.07) is 0.230. The van der Waals surface area contributed by atoms with E-state index in [1.807, 2.05) is 20.9 Å². The number of ether oxygens (including phenoxy) is 1. The lowest BCUT2D eigenvalue weighted by molar-refractivity contribution is 0.190. The number of nitrogens with zero attached hydrogens (tertiary/aromatic N) is 2. The molecule has 0 amide bonds. The molecule has 1 aromatic heterocycles. The second-order valence-electron chi connectivity index (χ2n) is 3.45. The highest BCUT2D eigenvalue weighted by atomic mass is 16.5. The second kappa shape index (κ2) is 5.50. The van der Waals surface area contributed by atoms with Crippen molar-refractivity contribution < 1.29 is 4.74 Å². The van der Waals surface area contributed by atoms with E-state index in [-0.39, 0.29) is 6.04 Å². The van der Waals surface area contributed by atoms with Crippen LogP contribution in [0.25, 0.3) is 0 Å². The van der Waals surface area contributed by atoms with Crippen LogP contribution in [0.3, 0.4) is 0 Å². The minimum Gasteiger partial charge on any atom is -0.383 e. The van der Waals surface area contributed by atoms with E-state index in [4.69, 9.17) is 4.74 Å². The summed E-state index contributed by atoms with van der Waals surface area (Å²) < 4.78 is 5.05. The Kier molecular flexibility index (Phi) is 4.30. The maximum Gasteiger partial charge on any atom is 0.134 e. The third-order valence-corrected chi connectivity index (χ3v) is 2.12. The molecule has 84 valence electrons. The summed E-state index contributed by atoms with van der Waals surface area (Å²) in [6.45, 7) is 4.68. The summed E-state index contributed by atoms with van der Waals surface area (Å²) in [7, 11) is 3.53. The van der Waals surface area contributed by atoms with Crippen LogP contribution in [0.2, 0.25) is 0 Å². The normalized spacial score (nSPS) is 12.3. The van der Waals surface area contributed by atoms with Crippen molar-refractivity contribution in [2.45, 2.75) is 19.9 Å². The van der Waals surface area contributed by atoms with E-state index in [9.17, 15) is 0 Å². The first-order valence-corrected chi connectivity index (χ1v) is 4.93. The van der Waals surface area contributed by atoms with Crippen molar-refractivity contribution >= 4 is 11.6 Å². The molecule has 0 spiro atoms. The van der Waals surface area contributed by atoms with Crippen molar-refractivity contribution in [3.05, 3.63) is 11.9 Å². The average molecular weight is 210 g/mol. The van der Waals surface area contributed by atoms with Crippen LogP contribution < -0.4 is 10.6 Å². The third kappa shape index (κ3) is 3.06. The number of rotatable bonds is 5. The molecule has 1 heterocycles. The van der Waals surface area contributed by atoms with Crippen molar-refractivity contribution in [1.29, 1.82) is 0 Å². The molecule has 1 rings (SSSR count). The van der Waals surface area contributed by atoms with Crippen LogP contribution in [0.15, 0.2) is 6.33 Å². The zero-order chi connectivity index (χ0) is 11.3. The highest BCUT2D eigenvalue weighted by Gasteiger charge is 2.08. The minimum atomic E-state index is 0.230. The second-order valence-corrected chi connectivity index (χ2v) is 3.45. The molecule has 5 heteroatoms. The summed E-state index contributed by atoms with van der Waals surface area (Å²) in [6.07, 6.45) is 1.54. The van der Waals surface area contributed by atoms with Crippen molar-refractivity contribution in [3.63, 3.8) is 0 Å². The Balaban J connectivity index is 2.76. The number of hydrogen-bond acceptors (Lipinski definition) is 5. The number of aromatic nitrogens is 2. The molecule has 0 fully saturated rings. The van der Waals surface area contributed by atoms with Crippen LogP contribution in [-0.4, -0.2) is 36.8 Å². The van der Waals surface area contributed by atoms with Gasteiger partial charge in [-0.1, -0.05) is 0 Å². The molecule has 15 heavy (non-hydrogen) atoms. The Morgan fingerprint density at radius 3 is 2.67 bits per heavy atom. The van der Waals surface area contributed by atoms with Gasteiger partial charge in [-0.25, -0.2) is 9.97 Å². The van der Waals surface area contributed by atoms with Gasteiger partial charge in [0.2, 0.25) is 0 Å². The van der Waals surface area contributed by atoms with Crippen LogP contribution in [0.4, 0.5) is 11.6 Å². The largest absolute Gasteiger partial charge is 0.383 e. The van der Waals surface area contributed by atoms with Crippen LogP contribution in [-0.2, 0) is 4.74 Å². The average Bonchev–Trinajstić information content (AvgIpc) is 2.21. The summed E-state index contributed by atoms with van der Waals surface area (Å²) in [5.74, 6) is 1.69. The fourth-order valence-corrected chi connectivity index (χ4v) is 1.37. The molecule has 2 N–H and O–H groups in total. The summed E-state index contributed by atoms with van der Waals surface area (Å²) in [4.78, 5) is 8.31. The van der Waals surface area contributed by atoms with Gasteiger partial charge >= 0.3 is 0 Å². The predicted molar refractivity (Wildman–Crippen MR) is 61.3 cm³/mol. The molecule has 0 saturated heterocycles. The van der Waals surface area contributed by atoms with Gasteiger partial charge in [0, 0.05) is 25.8 Å². The first-order chi connectivity index (χ1) is 7.19. The number of methoxy groups -OCH3 is 1. The van der Waals surface area contributed by atoms with E-state index in [1.54, 1.807) is 13.4 Å². The number of hydrogen-bond donors (Lipinski definition) is 2. The monoisotopic (exact) mass is 210 g/mol. The van der Waals surface area contributed by atoms with Crippen molar-refractivity contribution in [1.82, 2.24) is 9.97 Å². The lowest BCUT2D eigenvalue weighted by Gasteiger charge is -2.16. The maximum atomic E-state index is 5.05. The Morgan fingerprint density at radius 1 is 1.40 bits per heavy atom. The molecule has 0 aliphatic heterocycles. The summed E-state index contributed by atoms with van der Waals surface area (Å²) in [5, 5.41) is 6.29. The molecule has 0 bridgehead atoms. The molecule has 1 atom stereocenters. The Hall–Kier alpha value is -1.36. The lowest BCUT2D eigenvalue weighted by Crippen LogP contribution is -2.22. The maximum absolute atomic E-state index is 5.05. The lowest BCUT2D eigenvalue weighted by atomic mass is 10.3. The van der Waals surface area contributed by atoms with Crippen LogP contribution in [0.1, 0.15) is 12.5 Å². The Labute approximate surface area is 90.3 Å². The standard InChI is InChI=1S/C10H18N4O/c1-7(5-15-4)14-10-8(2)9(11-3)12-6-13-10/h6-7H,5H2,1-4H3,(H2,11,12,13,14). The molecule has 0 aliphatic rings. The number of anilines is 2. The van der Waals surface area contributed by atoms with Gasteiger partial charge in [-0.3, -0.25) is 0 Å². The van der Waals surface area contributed by atoms with Crippen LogP contribution in [0, 0.1) is 6.92 Å². The van der Waals surface area contributed by atoms with E-state index >= 15 is 0 Å². The molecule has 1 aromatic rings. The quantitative estimate of drug-likeness (QED) is 0.766. The molecule has 0 aliphatic carbocycles. The summed E-state index contributed by atoms with van der Waals surface area (Å²) in [5.41, 5.74) is 1.02.